The Balaban J connectivity index is 1.80. The van der Waals surface area contributed by atoms with Gasteiger partial charge in [-0.2, -0.15) is 0 Å². The quantitative estimate of drug-likeness (QED) is 0.738. The first-order chi connectivity index (χ1) is 9.79. The maximum absolute atomic E-state index is 6.28. The number of aryl methyl sites for hydroxylation is 1. The smallest absolute Gasteiger partial charge is 0.0294 e. The summed E-state index contributed by atoms with van der Waals surface area (Å²) < 4.78 is 0. The molecule has 0 aromatic heterocycles. The van der Waals surface area contributed by atoms with Crippen molar-refractivity contribution in [1.82, 2.24) is 0 Å². The molecule has 2 aromatic rings. The molecule has 1 nitrogen and oxygen atoms in total. The molecule has 2 N–H and O–H groups in total. The average molecular weight is 285 g/mol. The summed E-state index contributed by atoms with van der Waals surface area (Å²) in [5.74, 6) is 1.11. The second-order valence-corrected chi connectivity index (χ2v) is 6.32. The highest BCUT2D eigenvalue weighted by molar-refractivity contribution is 7.99. The number of hydrogen-bond acceptors (Lipinski definition) is 2. The number of rotatable bonds is 7. The molecule has 2 aromatic carbocycles. The monoisotopic (exact) mass is 285 g/mol. The zero-order valence-electron chi connectivity index (χ0n) is 12.1. The first-order valence-corrected chi connectivity index (χ1v) is 8.30. The number of thioether (sulfide) groups is 1. The van der Waals surface area contributed by atoms with E-state index in [1.165, 1.54) is 16.0 Å². The Hall–Kier alpha value is -1.25. The molecule has 2 rings (SSSR count). The van der Waals surface area contributed by atoms with Gasteiger partial charge in [-0.3, -0.25) is 0 Å². The van der Waals surface area contributed by atoms with E-state index in [1.807, 2.05) is 11.8 Å². The SMILES string of the molecule is CCSc1ccc(C(N)CCCc2ccccc2)cc1. The molecule has 0 heterocycles. The molecule has 0 amide bonds. The fraction of sp³-hybridized carbons (Fsp3) is 0.333. The number of hydrogen-bond donors (Lipinski definition) is 1. The van der Waals surface area contributed by atoms with Gasteiger partial charge in [0.15, 0.2) is 0 Å². The second-order valence-electron chi connectivity index (χ2n) is 4.99. The highest BCUT2D eigenvalue weighted by Crippen LogP contribution is 2.22. The first-order valence-electron chi connectivity index (χ1n) is 7.32. The topological polar surface area (TPSA) is 26.0 Å². The molecule has 106 valence electrons. The fourth-order valence-corrected chi connectivity index (χ4v) is 2.98. The van der Waals surface area contributed by atoms with Crippen LogP contribution in [0.25, 0.3) is 0 Å². The van der Waals surface area contributed by atoms with Gasteiger partial charge in [0.25, 0.3) is 0 Å². The maximum atomic E-state index is 6.28. The summed E-state index contributed by atoms with van der Waals surface area (Å²) in [5, 5.41) is 0. The minimum Gasteiger partial charge on any atom is -0.324 e. The van der Waals surface area contributed by atoms with E-state index in [-0.39, 0.29) is 6.04 Å². The third-order valence-electron chi connectivity index (χ3n) is 3.44. The fourth-order valence-electron chi connectivity index (χ4n) is 2.32. The molecule has 0 aliphatic carbocycles. The van der Waals surface area contributed by atoms with Crippen molar-refractivity contribution in [3.8, 4) is 0 Å². The summed E-state index contributed by atoms with van der Waals surface area (Å²) in [5.41, 5.74) is 8.92. The highest BCUT2D eigenvalue weighted by Gasteiger charge is 2.06. The summed E-state index contributed by atoms with van der Waals surface area (Å²) in [6.07, 6.45) is 3.28. The molecule has 0 spiro atoms. The van der Waals surface area contributed by atoms with Crippen LogP contribution >= 0.6 is 11.8 Å². The van der Waals surface area contributed by atoms with E-state index in [0.717, 1.165) is 25.0 Å². The van der Waals surface area contributed by atoms with Gasteiger partial charge < -0.3 is 5.73 Å². The molecule has 1 unspecified atom stereocenters. The van der Waals surface area contributed by atoms with E-state index >= 15 is 0 Å². The summed E-state index contributed by atoms with van der Waals surface area (Å²) in [4.78, 5) is 1.33. The van der Waals surface area contributed by atoms with Crippen molar-refractivity contribution in [1.29, 1.82) is 0 Å². The van der Waals surface area contributed by atoms with Crippen LogP contribution in [0, 0.1) is 0 Å². The lowest BCUT2D eigenvalue weighted by Gasteiger charge is -2.12. The molecule has 0 aliphatic heterocycles. The average Bonchev–Trinajstić information content (AvgIpc) is 2.49. The van der Waals surface area contributed by atoms with Gasteiger partial charge in [-0.25, -0.2) is 0 Å². The first kappa shape index (κ1) is 15.1. The number of benzene rings is 2. The molecule has 20 heavy (non-hydrogen) atoms. The van der Waals surface area contributed by atoms with Crippen molar-refractivity contribution in [3.05, 3.63) is 65.7 Å². The van der Waals surface area contributed by atoms with Crippen LogP contribution in [0.3, 0.4) is 0 Å². The Morgan fingerprint density at radius 1 is 1.00 bits per heavy atom. The third kappa shape index (κ3) is 4.69. The van der Waals surface area contributed by atoms with Crippen molar-refractivity contribution < 1.29 is 0 Å². The van der Waals surface area contributed by atoms with Crippen molar-refractivity contribution >= 4 is 11.8 Å². The molecule has 1 atom stereocenters. The lowest BCUT2D eigenvalue weighted by Crippen LogP contribution is -2.10. The zero-order valence-corrected chi connectivity index (χ0v) is 12.9. The van der Waals surface area contributed by atoms with Gasteiger partial charge in [0.05, 0.1) is 0 Å². The van der Waals surface area contributed by atoms with Crippen LogP contribution in [0.15, 0.2) is 59.5 Å². The minimum atomic E-state index is 0.152. The van der Waals surface area contributed by atoms with Crippen LogP contribution < -0.4 is 5.73 Å². The molecular formula is C18H23NS. The van der Waals surface area contributed by atoms with Crippen molar-refractivity contribution in [2.75, 3.05) is 5.75 Å². The Morgan fingerprint density at radius 2 is 1.70 bits per heavy atom. The van der Waals surface area contributed by atoms with Crippen LogP contribution in [0.2, 0.25) is 0 Å². The van der Waals surface area contributed by atoms with E-state index < -0.39 is 0 Å². The van der Waals surface area contributed by atoms with Crippen LogP contribution in [-0.2, 0) is 6.42 Å². The summed E-state index contributed by atoms with van der Waals surface area (Å²) in [6.45, 7) is 2.17. The lowest BCUT2D eigenvalue weighted by atomic mass is 10.00. The lowest BCUT2D eigenvalue weighted by molar-refractivity contribution is 0.611. The number of nitrogens with two attached hydrogens (primary N) is 1. The van der Waals surface area contributed by atoms with Crippen LogP contribution in [-0.4, -0.2) is 5.75 Å². The largest absolute Gasteiger partial charge is 0.324 e. The van der Waals surface area contributed by atoms with Crippen molar-refractivity contribution in [2.24, 2.45) is 5.73 Å². The van der Waals surface area contributed by atoms with Crippen LogP contribution in [0.1, 0.15) is 36.9 Å². The van der Waals surface area contributed by atoms with Crippen LogP contribution in [0.5, 0.6) is 0 Å². The Kier molecular flexibility index (Phi) is 6.16. The van der Waals surface area contributed by atoms with E-state index in [4.69, 9.17) is 5.73 Å². The molecule has 0 fully saturated rings. The van der Waals surface area contributed by atoms with Gasteiger partial charge in [0.1, 0.15) is 0 Å². The molecular weight excluding hydrogens is 262 g/mol. The summed E-state index contributed by atoms with van der Waals surface area (Å²) in [7, 11) is 0. The van der Waals surface area contributed by atoms with Gasteiger partial charge in [0, 0.05) is 10.9 Å². The van der Waals surface area contributed by atoms with Gasteiger partial charge in [-0.05, 0) is 48.3 Å². The minimum absolute atomic E-state index is 0.152. The highest BCUT2D eigenvalue weighted by atomic mass is 32.2. The molecule has 0 bridgehead atoms. The van der Waals surface area contributed by atoms with Crippen LogP contribution in [0.4, 0.5) is 0 Å². The van der Waals surface area contributed by atoms with Gasteiger partial charge in [-0.15, -0.1) is 11.8 Å². The molecule has 0 radical (unpaired) electrons. The molecule has 0 saturated heterocycles. The summed E-state index contributed by atoms with van der Waals surface area (Å²) >= 11 is 1.87. The predicted octanol–water partition coefficient (Wildman–Crippen LogP) is 4.82. The van der Waals surface area contributed by atoms with Gasteiger partial charge in [-0.1, -0.05) is 49.4 Å². The zero-order chi connectivity index (χ0) is 14.2. The van der Waals surface area contributed by atoms with E-state index in [1.54, 1.807) is 0 Å². The molecule has 0 saturated carbocycles. The van der Waals surface area contributed by atoms with E-state index in [2.05, 4.69) is 61.5 Å². The van der Waals surface area contributed by atoms with E-state index in [9.17, 15) is 0 Å². The molecule has 2 heteroatoms. The third-order valence-corrected chi connectivity index (χ3v) is 4.34. The van der Waals surface area contributed by atoms with E-state index in [0.29, 0.717) is 0 Å². The predicted molar refractivity (Wildman–Crippen MR) is 89.1 cm³/mol. The Morgan fingerprint density at radius 3 is 2.35 bits per heavy atom. The standard InChI is InChI=1S/C18H23NS/c1-2-20-17-13-11-16(12-14-17)18(19)10-6-9-15-7-4-3-5-8-15/h3-5,7-8,11-14,18H,2,6,9-10,19H2,1H3. The molecule has 0 aliphatic rings. The Labute approximate surface area is 126 Å². The van der Waals surface area contributed by atoms with Gasteiger partial charge in [0.2, 0.25) is 0 Å². The van der Waals surface area contributed by atoms with Crippen molar-refractivity contribution in [2.45, 2.75) is 37.1 Å². The van der Waals surface area contributed by atoms with Crippen molar-refractivity contribution in [3.63, 3.8) is 0 Å². The normalized spacial score (nSPS) is 12.3. The maximum Gasteiger partial charge on any atom is 0.0294 e. The van der Waals surface area contributed by atoms with Gasteiger partial charge >= 0.3 is 0 Å². The summed E-state index contributed by atoms with van der Waals surface area (Å²) in [6, 6.07) is 19.5. The Bertz CT molecular complexity index is 493. The second kappa shape index (κ2) is 8.13.